The van der Waals surface area contributed by atoms with E-state index in [1.807, 2.05) is 0 Å². The lowest BCUT2D eigenvalue weighted by Gasteiger charge is -2.14. The Labute approximate surface area is 177 Å². The number of rotatable bonds is 8. The molecular weight excluding hydrogens is 427 g/mol. The smallest absolute Gasteiger partial charge is 0.270 e. The first-order valence-corrected chi connectivity index (χ1v) is 10.3. The largest absolute Gasteiger partial charge is 0.495 e. The zero-order chi connectivity index (χ0) is 22.4. The van der Waals surface area contributed by atoms with Gasteiger partial charge in [-0.05, 0) is 35.9 Å². The SMILES string of the molecule is COc1ccccc1NS(=O)(=O)c1cc([N+](=O)[O-])ccc1NN=Cc1cccc(F)c1. The molecule has 0 spiro atoms. The number of hydrogen-bond acceptors (Lipinski definition) is 7. The fourth-order valence-corrected chi connectivity index (χ4v) is 3.88. The molecule has 3 rings (SSSR count). The van der Waals surface area contributed by atoms with Crippen LogP contribution in [0.15, 0.2) is 76.7 Å². The van der Waals surface area contributed by atoms with E-state index in [1.54, 1.807) is 24.3 Å². The fraction of sp³-hybridized carbons (Fsp3) is 0.0500. The summed E-state index contributed by atoms with van der Waals surface area (Å²) in [5.74, 6) is -0.182. The van der Waals surface area contributed by atoms with Crippen molar-refractivity contribution in [2.45, 2.75) is 4.90 Å². The average Bonchev–Trinajstić information content (AvgIpc) is 2.74. The second-order valence-corrected chi connectivity index (χ2v) is 7.82. The van der Waals surface area contributed by atoms with Crippen LogP contribution in [0.25, 0.3) is 0 Å². The van der Waals surface area contributed by atoms with E-state index in [0.717, 1.165) is 12.1 Å². The molecule has 0 saturated heterocycles. The highest BCUT2D eigenvalue weighted by Crippen LogP contribution is 2.31. The van der Waals surface area contributed by atoms with Crippen molar-refractivity contribution in [3.8, 4) is 5.75 Å². The van der Waals surface area contributed by atoms with Gasteiger partial charge in [0.1, 0.15) is 16.5 Å². The van der Waals surface area contributed by atoms with Crippen molar-refractivity contribution < 1.29 is 22.5 Å². The normalized spacial score (nSPS) is 11.3. The summed E-state index contributed by atoms with van der Waals surface area (Å²) in [5.41, 5.74) is 2.71. The van der Waals surface area contributed by atoms with Crippen molar-refractivity contribution in [1.29, 1.82) is 0 Å². The van der Waals surface area contributed by atoms with Gasteiger partial charge in [0.2, 0.25) is 0 Å². The van der Waals surface area contributed by atoms with Gasteiger partial charge >= 0.3 is 0 Å². The maximum atomic E-state index is 13.3. The first kappa shape index (κ1) is 21.7. The third kappa shape index (κ3) is 5.34. The van der Waals surface area contributed by atoms with Gasteiger partial charge < -0.3 is 4.74 Å². The highest BCUT2D eigenvalue weighted by atomic mass is 32.2. The van der Waals surface area contributed by atoms with Gasteiger partial charge in [0.25, 0.3) is 15.7 Å². The van der Waals surface area contributed by atoms with Crippen LogP contribution in [0.5, 0.6) is 5.75 Å². The second-order valence-electron chi connectivity index (χ2n) is 6.17. The van der Waals surface area contributed by atoms with Crippen LogP contribution in [0.4, 0.5) is 21.5 Å². The Hall–Kier alpha value is -3.99. The molecular formula is C20H17FN4O5S. The minimum atomic E-state index is -4.27. The third-order valence-corrected chi connectivity index (χ3v) is 5.47. The summed E-state index contributed by atoms with van der Waals surface area (Å²) in [4.78, 5) is 10.1. The van der Waals surface area contributed by atoms with Gasteiger partial charge in [0.15, 0.2) is 0 Å². The number of hydrazone groups is 1. The molecule has 31 heavy (non-hydrogen) atoms. The van der Waals surface area contributed by atoms with Gasteiger partial charge in [-0.25, -0.2) is 12.8 Å². The molecule has 0 aliphatic heterocycles. The molecule has 0 saturated carbocycles. The molecule has 0 aliphatic carbocycles. The maximum Gasteiger partial charge on any atom is 0.270 e. The molecule has 0 bridgehead atoms. The molecule has 0 atom stereocenters. The second kappa shape index (κ2) is 9.22. The molecule has 0 amide bonds. The van der Waals surface area contributed by atoms with Crippen molar-refractivity contribution in [2.75, 3.05) is 17.3 Å². The van der Waals surface area contributed by atoms with Gasteiger partial charge in [-0.2, -0.15) is 5.10 Å². The molecule has 0 fully saturated rings. The van der Waals surface area contributed by atoms with Gasteiger partial charge in [-0.15, -0.1) is 0 Å². The molecule has 2 N–H and O–H groups in total. The van der Waals surface area contributed by atoms with Crippen molar-refractivity contribution >= 4 is 33.3 Å². The van der Waals surface area contributed by atoms with E-state index in [0.29, 0.717) is 5.56 Å². The Balaban J connectivity index is 1.96. The number of para-hydroxylation sites is 2. The molecule has 0 aromatic heterocycles. The number of nitro benzene ring substituents is 1. The lowest BCUT2D eigenvalue weighted by atomic mass is 10.2. The minimum Gasteiger partial charge on any atom is -0.495 e. The van der Waals surface area contributed by atoms with E-state index in [9.17, 15) is 22.9 Å². The van der Waals surface area contributed by atoms with Gasteiger partial charge in [-0.1, -0.05) is 24.3 Å². The molecule has 3 aromatic rings. The average molecular weight is 444 g/mol. The maximum absolute atomic E-state index is 13.3. The van der Waals surface area contributed by atoms with Crippen LogP contribution in [0.2, 0.25) is 0 Å². The van der Waals surface area contributed by atoms with Gasteiger partial charge in [0, 0.05) is 12.1 Å². The number of ether oxygens (including phenoxy) is 1. The Morgan fingerprint density at radius 2 is 1.84 bits per heavy atom. The highest BCUT2D eigenvalue weighted by Gasteiger charge is 2.23. The molecule has 0 heterocycles. The van der Waals surface area contributed by atoms with Gasteiger partial charge in [-0.3, -0.25) is 20.3 Å². The first-order chi connectivity index (χ1) is 14.8. The Bertz CT molecular complexity index is 1250. The predicted molar refractivity (Wildman–Crippen MR) is 115 cm³/mol. The molecule has 160 valence electrons. The Kier molecular flexibility index (Phi) is 6.46. The van der Waals surface area contributed by atoms with E-state index < -0.39 is 31.3 Å². The summed E-state index contributed by atoms with van der Waals surface area (Å²) in [6.07, 6.45) is 1.29. The molecule has 0 unspecified atom stereocenters. The Morgan fingerprint density at radius 1 is 1.06 bits per heavy atom. The molecule has 0 radical (unpaired) electrons. The number of nitro groups is 1. The van der Waals surface area contributed by atoms with Gasteiger partial charge in [0.05, 0.1) is 29.6 Å². The molecule has 0 aliphatic rings. The summed E-state index contributed by atoms with van der Waals surface area (Å²) in [6.45, 7) is 0. The summed E-state index contributed by atoms with van der Waals surface area (Å²) in [5, 5.41) is 15.1. The number of benzene rings is 3. The highest BCUT2D eigenvalue weighted by molar-refractivity contribution is 7.93. The van der Waals surface area contributed by atoms with Crippen LogP contribution >= 0.6 is 0 Å². The van der Waals surface area contributed by atoms with Crippen molar-refractivity contribution in [2.24, 2.45) is 5.10 Å². The van der Waals surface area contributed by atoms with Crippen LogP contribution in [0.3, 0.4) is 0 Å². The molecule has 3 aromatic carbocycles. The van der Waals surface area contributed by atoms with Crippen LogP contribution in [-0.2, 0) is 10.0 Å². The number of non-ortho nitro benzene ring substituents is 1. The lowest BCUT2D eigenvalue weighted by Crippen LogP contribution is -2.15. The quantitative estimate of drug-likeness (QED) is 0.308. The van der Waals surface area contributed by atoms with E-state index in [1.165, 1.54) is 43.7 Å². The van der Waals surface area contributed by atoms with E-state index in [-0.39, 0.29) is 17.1 Å². The van der Waals surface area contributed by atoms with E-state index in [2.05, 4.69) is 15.2 Å². The number of methoxy groups -OCH3 is 1. The van der Waals surface area contributed by atoms with Crippen LogP contribution < -0.4 is 14.9 Å². The summed E-state index contributed by atoms with van der Waals surface area (Å²) < 4.78 is 46.8. The monoisotopic (exact) mass is 444 g/mol. The fourth-order valence-electron chi connectivity index (χ4n) is 2.63. The topological polar surface area (TPSA) is 123 Å². The number of hydrogen-bond donors (Lipinski definition) is 2. The summed E-state index contributed by atoms with van der Waals surface area (Å²) in [7, 11) is -2.88. The zero-order valence-corrected chi connectivity index (χ0v) is 17.0. The number of sulfonamides is 1. The summed E-state index contributed by atoms with van der Waals surface area (Å²) in [6, 6.07) is 15.2. The van der Waals surface area contributed by atoms with Crippen molar-refractivity contribution in [3.63, 3.8) is 0 Å². The Morgan fingerprint density at radius 3 is 2.55 bits per heavy atom. The van der Waals surface area contributed by atoms with E-state index in [4.69, 9.17) is 4.74 Å². The molecule has 11 heteroatoms. The number of nitrogens with zero attached hydrogens (tertiary/aromatic N) is 2. The minimum absolute atomic E-state index is 0.0133. The standard InChI is InChI=1S/C20H17FN4O5S/c1-30-19-8-3-2-7-17(19)24-31(28,29)20-12-16(25(26)27)9-10-18(20)23-22-13-14-5-4-6-15(21)11-14/h2-13,23-24H,1H3. The van der Waals surface area contributed by atoms with Crippen LogP contribution in [-0.4, -0.2) is 26.7 Å². The lowest BCUT2D eigenvalue weighted by molar-refractivity contribution is -0.385. The molecule has 9 nitrogen and oxygen atoms in total. The number of nitrogens with one attached hydrogen (secondary N) is 2. The van der Waals surface area contributed by atoms with E-state index >= 15 is 0 Å². The number of halogens is 1. The first-order valence-electron chi connectivity index (χ1n) is 8.79. The van der Waals surface area contributed by atoms with Crippen LogP contribution in [0, 0.1) is 15.9 Å². The van der Waals surface area contributed by atoms with Crippen molar-refractivity contribution in [1.82, 2.24) is 0 Å². The number of anilines is 2. The zero-order valence-electron chi connectivity index (χ0n) is 16.2. The van der Waals surface area contributed by atoms with Crippen molar-refractivity contribution in [3.05, 3.63) is 88.2 Å². The predicted octanol–water partition coefficient (Wildman–Crippen LogP) is 3.99. The third-order valence-electron chi connectivity index (χ3n) is 4.06. The van der Waals surface area contributed by atoms with Crippen LogP contribution in [0.1, 0.15) is 5.56 Å². The summed E-state index contributed by atoms with van der Waals surface area (Å²) >= 11 is 0.